The van der Waals surface area contributed by atoms with E-state index in [4.69, 9.17) is 5.26 Å². The molecule has 5 heteroatoms. The normalized spacial score (nSPS) is 15.4. The van der Waals surface area contributed by atoms with Crippen molar-refractivity contribution in [1.29, 1.82) is 5.26 Å². The van der Waals surface area contributed by atoms with E-state index in [-0.39, 0.29) is 10.8 Å². The van der Waals surface area contributed by atoms with Crippen molar-refractivity contribution in [2.45, 2.75) is 38.5 Å². The smallest absolute Gasteiger partial charge is 0.110 e. The summed E-state index contributed by atoms with van der Waals surface area (Å²) < 4.78 is 14.6. The van der Waals surface area contributed by atoms with Gasteiger partial charge in [-0.05, 0) is 39.8 Å². The van der Waals surface area contributed by atoms with Gasteiger partial charge >= 0.3 is 0 Å². The molecular weight excluding hydrogens is 240 g/mol. The van der Waals surface area contributed by atoms with Gasteiger partial charge in [-0.2, -0.15) is 5.26 Å². The summed E-state index contributed by atoms with van der Waals surface area (Å²) in [6.07, 6.45) is 0. The molecule has 0 saturated carbocycles. The zero-order valence-electron chi connectivity index (χ0n) is 9.90. The molecule has 0 aromatic carbocycles. The zero-order valence-corrected chi connectivity index (χ0v) is 11.5. The number of nitriles is 1. The molecule has 0 saturated heterocycles. The van der Waals surface area contributed by atoms with Crippen LogP contribution in [0.25, 0.3) is 0 Å². The van der Waals surface area contributed by atoms with Crippen LogP contribution < -0.4 is 4.72 Å². The summed E-state index contributed by atoms with van der Waals surface area (Å²) in [5.74, 6) is 0. The monoisotopic (exact) mass is 256 g/mol. The lowest BCUT2D eigenvalue weighted by atomic mass is 10.3. The Morgan fingerprint density at radius 1 is 1.50 bits per heavy atom. The Kier molecular flexibility index (Phi) is 4.25. The number of nitrogens with one attached hydrogen (secondary N) is 1. The maximum Gasteiger partial charge on any atom is 0.110 e. The fourth-order valence-electron chi connectivity index (χ4n) is 1.04. The van der Waals surface area contributed by atoms with Crippen LogP contribution in [-0.2, 0) is 11.0 Å². The Balaban J connectivity index is 2.70. The highest BCUT2D eigenvalue weighted by Crippen LogP contribution is 2.24. The molecule has 1 unspecified atom stereocenters. The first kappa shape index (κ1) is 13.4. The lowest BCUT2D eigenvalue weighted by Crippen LogP contribution is -2.34. The van der Waals surface area contributed by atoms with Crippen molar-refractivity contribution >= 4 is 22.3 Å². The first-order chi connectivity index (χ1) is 7.34. The largest absolute Gasteiger partial charge is 0.242 e. The maximum atomic E-state index is 11.9. The van der Waals surface area contributed by atoms with Crippen molar-refractivity contribution in [3.63, 3.8) is 0 Å². The summed E-state index contributed by atoms with van der Waals surface area (Å²) in [6, 6.07) is 5.80. The summed E-state index contributed by atoms with van der Waals surface area (Å²) in [5, 5.41) is 8.72. The molecule has 3 nitrogen and oxygen atoms in total. The molecule has 0 aliphatic heterocycles. The molecule has 0 amide bonds. The number of nitrogens with zero attached hydrogens (tertiary/aromatic N) is 1. The number of hydrogen-bond acceptors (Lipinski definition) is 3. The fraction of sp³-hybridized carbons (Fsp3) is 0.545. The lowest BCUT2D eigenvalue weighted by molar-refractivity contribution is 0.618. The van der Waals surface area contributed by atoms with Gasteiger partial charge in [0.2, 0.25) is 0 Å². The van der Waals surface area contributed by atoms with E-state index in [0.29, 0.717) is 4.88 Å². The predicted molar refractivity (Wildman–Crippen MR) is 68.5 cm³/mol. The quantitative estimate of drug-likeness (QED) is 0.904. The second-order valence-corrected chi connectivity index (χ2v) is 7.65. The molecular formula is C11H16N2OS2. The highest BCUT2D eigenvalue weighted by molar-refractivity contribution is 7.84. The van der Waals surface area contributed by atoms with Crippen LogP contribution in [-0.4, -0.2) is 8.96 Å². The van der Waals surface area contributed by atoms with E-state index in [1.807, 2.05) is 33.8 Å². The van der Waals surface area contributed by atoms with Gasteiger partial charge in [0.25, 0.3) is 0 Å². The van der Waals surface area contributed by atoms with E-state index in [1.165, 1.54) is 11.3 Å². The van der Waals surface area contributed by atoms with Gasteiger partial charge in [0.05, 0.1) is 21.8 Å². The van der Waals surface area contributed by atoms with E-state index in [1.54, 1.807) is 6.07 Å². The van der Waals surface area contributed by atoms with Crippen LogP contribution in [0.3, 0.4) is 0 Å². The average molecular weight is 256 g/mol. The third-order valence-corrected chi connectivity index (χ3v) is 4.86. The average Bonchev–Trinajstić information content (AvgIpc) is 2.64. The summed E-state index contributed by atoms with van der Waals surface area (Å²) >= 11 is 1.44. The molecule has 1 N–H and O–H groups in total. The van der Waals surface area contributed by atoms with Crippen molar-refractivity contribution in [2.75, 3.05) is 0 Å². The summed E-state index contributed by atoms with van der Waals surface area (Å²) in [7, 11) is -1.09. The van der Waals surface area contributed by atoms with Crippen molar-refractivity contribution in [3.8, 4) is 6.07 Å². The van der Waals surface area contributed by atoms with Crippen LogP contribution in [0.4, 0.5) is 0 Å². The van der Waals surface area contributed by atoms with Gasteiger partial charge < -0.3 is 0 Å². The van der Waals surface area contributed by atoms with Crippen LogP contribution in [0, 0.1) is 11.3 Å². The molecule has 1 heterocycles. The van der Waals surface area contributed by atoms with Crippen molar-refractivity contribution in [3.05, 3.63) is 21.9 Å². The van der Waals surface area contributed by atoms with E-state index in [2.05, 4.69) is 10.8 Å². The van der Waals surface area contributed by atoms with Crippen molar-refractivity contribution < 1.29 is 4.21 Å². The molecule has 1 aromatic rings. The first-order valence-electron chi connectivity index (χ1n) is 5.02. The molecule has 1 rings (SSSR count). The van der Waals surface area contributed by atoms with Gasteiger partial charge in [-0.3, -0.25) is 0 Å². The Bertz CT molecular complexity index is 426. The highest BCUT2D eigenvalue weighted by Gasteiger charge is 2.22. The maximum absolute atomic E-state index is 11.9. The zero-order chi connectivity index (χ0) is 12.3. The Hall–Kier alpha value is -0.700. The number of rotatable bonds is 3. The van der Waals surface area contributed by atoms with Gasteiger partial charge in [0.1, 0.15) is 10.9 Å². The Morgan fingerprint density at radius 3 is 2.56 bits per heavy atom. The molecule has 0 aliphatic rings. The minimum absolute atomic E-state index is 0.00663. The third-order valence-electron chi connectivity index (χ3n) is 2.00. The highest BCUT2D eigenvalue weighted by atomic mass is 32.2. The van der Waals surface area contributed by atoms with Gasteiger partial charge in [-0.1, -0.05) is 0 Å². The van der Waals surface area contributed by atoms with Crippen molar-refractivity contribution in [2.24, 2.45) is 0 Å². The standard InChI is InChI=1S/C11H16N2OS2/c1-8(13-16(14)11(2,3)4)10-6-5-9(7-12)15-10/h5-6,8,13H,1-4H3/t8-,16?/m1/s1. The van der Waals surface area contributed by atoms with Gasteiger partial charge in [0, 0.05) is 4.88 Å². The van der Waals surface area contributed by atoms with Crippen LogP contribution >= 0.6 is 11.3 Å². The summed E-state index contributed by atoms with van der Waals surface area (Å²) in [5.41, 5.74) is 0. The molecule has 88 valence electrons. The van der Waals surface area contributed by atoms with Gasteiger partial charge in [0.15, 0.2) is 0 Å². The molecule has 0 spiro atoms. The first-order valence-corrected chi connectivity index (χ1v) is 6.99. The lowest BCUT2D eigenvalue weighted by Gasteiger charge is -2.21. The second-order valence-electron chi connectivity index (χ2n) is 4.53. The SMILES string of the molecule is C[C@@H](NS(=O)C(C)(C)C)c1ccc(C#N)s1. The minimum atomic E-state index is -1.09. The van der Waals surface area contributed by atoms with E-state index < -0.39 is 11.0 Å². The van der Waals surface area contributed by atoms with Crippen LogP contribution in [0.1, 0.15) is 43.5 Å². The topological polar surface area (TPSA) is 52.9 Å². The predicted octanol–water partition coefficient (Wildman–Crippen LogP) is 2.73. The molecule has 0 radical (unpaired) electrons. The third kappa shape index (κ3) is 3.41. The number of thiophene rings is 1. The molecule has 16 heavy (non-hydrogen) atoms. The van der Waals surface area contributed by atoms with Gasteiger partial charge in [-0.25, -0.2) is 8.93 Å². The molecule has 0 fully saturated rings. The van der Waals surface area contributed by atoms with Gasteiger partial charge in [-0.15, -0.1) is 11.3 Å². The molecule has 1 aromatic heterocycles. The van der Waals surface area contributed by atoms with Crippen LogP contribution in [0.2, 0.25) is 0 Å². The van der Waals surface area contributed by atoms with Crippen LogP contribution in [0.15, 0.2) is 12.1 Å². The molecule has 2 atom stereocenters. The number of hydrogen-bond donors (Lipinski definition) is 1. The summed E-state index contributed by atoms with van der Waals surface area (Å²) in [4.78, 5) is 1.72. The van der Waals surface area contributed by atoms with E-state index in [0.717, 1.165) is 4.88 Å². The fourth-order valence-corrected chi connectivity index (χ4v) is 2.72. The van der Waals surface area contributed by atoms with E-state index >= 15 is 0 Å². The minimum Gasteiger partial charge on any atom is -0.242 e. The second kappa shape index (κ2) is 5.09. The van der Waals surface area contributed by atoms with Crippen LogP contribution in [0.5, 0.6) is 0 Å². The summed E-state index contributed by atoms with van der Waals surface area (Å²) in [6.45, 7) is 7.74. The Morgan fingerprint density at radius 2 is 2.12 bits per heavy atom. The Labute approximate surface area is 103 Å². The van der Waals surface area contributed by atoms with E-state index in [9.17, 15) is 4.21 Å². The van der Waals surface area contributed by atoms with Crippen molar-refractivity contribution in [1.82, 2.24) is 4.72 Å². The molecule has 0 bridgehead atoms. The molecule has 0 aliphatic carbocycles.